The van der Waals surface area contributed by atoms with Gasteiger partial charge in [0.2, 0.25) is 5.91 Å². The molecule has 0 unspecified atom stereocenters. The first-order chi connectivity index (χ1) is 10.6. The average Bonchev–Trinajstić information content (AvgIpc) is 2.96. The number of hydrogen-bond donors (Lipinski definition) is 2. The molecule has 1 aromatic carbocycles. The number of aliphatic hydroxyl groups is 1. The van der Waals surface area contributed by atoms with Gasteiger partial charge in [0.25, 0.3) is 0 Å². The Morgan fingerprint density at radius 1 is 1.32 bits per heavy atom. The summed E-state index contributed by atoms with van der Waals surface area (Å²) in [6.45, 7) is 1.39. The molecule has 0 heterocycles. The molecule has 2 rings (SSSR count). The topological polar surface area (TPSA) is 52.6 Å². The third-order valence-electron chi connectivity index (χ3n) is 4.54. The Hall–Kier alpha value is -1.46. The van der Waals surface area contributed by atoms with Gasteiger partial charge in [-0.05, 0) is 37.6 Å². The minimum Gasteiger partial charge on any atom is -0.395 e. The van der Waals surface area contributed by atoms with Crippen LogP contribution in [0.3, 0.4) is 0 Å². The standard InChI is InChI=1S/C17H25FN2O2/c1-20(10-11-21)12-16(22)19-13-17(8-2-3-9-17)14-4-6-15(18)7-5-14/h4-7,21H,2-3,8-13H2,1H3,(H,19,22). The second kappa shape index (κ2) is 7.70. The van der Waals surface area contributed by atoms with Gasteiger partial charge in [0.05, 0.1) is 13.2 Å². The number of nitrogens with zero attached hydrogens (tertiary/aromatic N) is 1. The molecule has 1 aromatic rings. The van der Waals surface area contributed by atoms with Crippen LogP contribution in [0.4, 0.5) is 4.39 Å². The van der Waals surface area contributed by atoms with Crippen LogP contribution < -0.4 is 5.32 Å². The number of amides is 1. The highest BCUT2D eigenvalue weighted by Gasteiger charge is 2.35. The number of benzene rings is 1. The van der Waals surface area contributed by atoms with Crippen molar-refractivity contribution in [1.29, 1.82) is 0 Å². The van der Waals surface area contributed by atoms with Crippen LogP contribution in [0.15, 0.2) is 24.3 Å². The largest absolute Gasteiger partial charge is 0.395 e. The normalized spacial score (nSPS) is 16.9. The van der Waals surface area contributed by atoms with Gasteiger partial charge in [-0.1, -0.05) is 25.0 Å². The summed E-state index contributed by atoms with van der Waals surface area (Å²) in [5.41, 5.74) is 1.04. The number of aliphatic hydroxyl groups excluding tert-OH is 1. The lowest BCUT2D eigenvalue weighted by Crippen LogP contribution is -2.43. The summed E-state index contributed by atoms with van der Waals surface area (Å²) in [4.78, 5) is 13.8. The molecule has 122 valence electrons. The zero-order valence-electron chi connectivity index (χ0n) is 13.1. The average molecular weight is 308 g/mol. The van der Waals surface area contributed by atoms with Gasteiger partial charge in [0.15, 0.2) is 0 Å². The summed E-state index contributed by atoms with van der Waals surface area (Å²) in [5, 5.41) is 11.9. The SMILES string of the molecule is CN(CCO)CC(=O)NCC1(c2ccc(F)cc2)CCCC1. The van der Waals surface area contributed by atoms with Gasteiger partial charge in [-0.3, -0.25) is 9.69 Å². The van der Waals surface area contributed by atoms with Crippen LogP contribution in [0.5, 0.6) is 0 Å². The van der Waals surface area contributed by atoms with Crippen molar-refractivity contribution in [2.75, 3.05) is 33.3 Å². The number of carbonyl (C=O) groups is 1. The van der Waals surface area contributed by atoms with E-state index in [4.69, 9.17) is 5.11 Å². The molecule has 1 fully saturated rings. The summed E-state index contributed by atoms with van der Waals surface area (Å²) in [6, 6.07) is 6.66. The Morgan fingerprint density at radius 2 is 1.95 bits per heavy atom. The van der Waals surface area contributed by atoms with Crippen LogP contribution in [0.25, 0.3) is 0 Å². The van der Waals surface area contributed by atoms with Gasteiger partial charge in [0.1, 0.15) is 5.82 Å². The highest BCUT2D eigenvalue weighted by molar-refractivity contribution is 5.78. The third kappa shape index (κ3) is 4.27. The van der Waals surface area contributed by atoms with Crippen LogP contribution in [-0.2, 0) is 10.2 Å². The lowest BCUT2D eigenvalue weighted by atomic mass is 9.79. The highest BCUT2D eigenvalue weighted by atomic mass is 19.1. The number of nitrogens with one attached hydrogen (secondary N) is 1. The summed E-state index contributed by atoms with van der Waals surface area (Å²) in [7, 11) is 1.81. The summed E-state index contributed by atoms with van der Waals surface area (Å²) in [5.74, 6) is -0.268. The Labute approximate surface area is 131 Å². The minimum atomic E-state index is -0.230. The lowest BCUT2D eigenvalue weighted by Gasteiger charge is -2.30. The molecule has 1 aliphatic rings. The van der Waals surface area contributed by atoms with Crippen molar-refractivity contribution >= 4 is 5.91 Å². The fourth-order valence-corrected chi connectivity index (χ4v) is 3.24. The summed E-state index contributed by atoms with van der Waals surface area (Å²) >= 11 is 0. The third-order valence-corrected chi connectivity index (χ3v) is 4.54. The summed E-state index contributed by atoms with van der Waals surface area (Å²) in [6.07, 6.45) is 4.31. The number of likely N-dealkylation sites (N-methyl/N-ethyl adjacent to an activating group) is 1. The maximum absolute atomic E-state index is 13.1. The highest BCUT2D eigenvalue weighted by Crippen LogP contribution is 2.40. The minimum absolute atomic E-state index is 0.0377. The van der Waals surface area contributed by atoms with Crippen molar-refractivity contribution in [3.63, 3.8) is 0 Å². The van der Waals surface area contributed by atoms with E-state index in [2.05, 4.69) is 5.32 Å². The molecule has 0 saturated heterocycles. The van der Waals surface area contributed by atoms with E-state index in [1.807, 2.05) is 12.1 Å². The molecule has 1 saturated carbocycles. The first-order valence-electron chi connectivity index (χ1n) is 7.88. The van der Waals surface area contributed by atoms with Crippen molar-refractivity contribution in [3.8, 4) is 0 Å². The second-order valence-electron chi connectivity index (χ2n) is 6.23. The molecule has 0 atom stereocenters. The molecule has 1 aliphatic carbocycles. The molecule has 1 amide bonds. The van der Waals surface area contributed by atoms with Gasteiger partial charge in [-0.25, -0.2) is 4.39 Å². The Balaban J connectivity index is 1.97. The number of halogens is 1. The van der Waals surface area contributed by atoms with Gasteiger partial charge in [0, 0.05) is 18.5 Å². The van der Waals surface area contributed by atoms with Crippen LogP contribution in [0.1, 0.15) is 31.2 Å². The van der Waals surface area contributed by atoms with Crippen LogP contribution in [0, 0.1) is 5.82 Å². The van der Waals surface area contributed by atoms with Crippen molar-refractivity contribution in [1.82, 2.24) is 10.2 Å². The van der Waals surface area contributed by atoms with Gasteiger partial charge < -0.3 is 10.4 Å². The van der Waals surface area contributed by atoms with E-state index in [1.165, 1.54) is 12.1 Å². The van der Waals surface area contributed by atoms with E-state index in [-0.39, 0.29) is 30.3 Å². The lowest BCUT2D eigenvalue weighted by molar-refractivity contribution is -0.122. The Bertz CT molecular complexity index is 484. The van der Waals surface area contributed by atoms with Crippen molar-refractivity contribution in [3.05, 3.63) is 35.6 Å². The molecule has 0 bridgehead atoms. The molecule has 0 spiro atoms. The molecule has 2 N–H and O–H groups in total. The van der Waals surface area contributed by atoms with Crippen molar-refractivity contribution in [2.45, 2.75) is 31.1 Å². The molecule has 5 heteroatoms. The fourth-order valence-electron chi connectivity index (χ4n) is 3.24. The first kappa shape index (κ1) is 16.9. The Kier molecular flexibility index (Phi) is 5.91. The quantitative estimate of drug-likeness (QED) is 0.806. The molecule has 0 aromatic heterocycles. The van der Waals surface area contributed by atoms with E-state index in [1.54, 1.807) is 11.9 Å². The molecular formula is C17H25FN2O2. The predicted molar refractivity (Wildman–Crippen MR) is 84.1 cm³/mol. The molecule has 22 heavy (non-hydrogen) atoms. The zero-order chi connectivity index (χ0) is 16.0. The van der Waals surface area contributed by atoms with E-state index >= 15 is 0 Å². The zero-order valence-corrected chi connectivity index (χ0v) is 13.1. The second-order valence-corrected chi connectivity index (χ2v) is 6.23. The van der Waals surface area contributed by atoms with E-state index in [0.29, 0.717) is 13.1 Å². The summed E-state index contributed by atoms with van der Waals surface area (Å²) < 4.78 is 13.1. The van der Waals surface area contributed by atoms with Crippen LogP contribution in [-0.4, -0.2) is 49.2 Å². The van der Waals surface area contributed by atoms with Crippen LogP contribution in [0.2, 0.25) is 0 Å². The van der Waals surface area contributed by atoms with E-state index in [0.717, 1.165) is 31.2 Å². The number of rotatable bonds is 7. The monoisotopic (exact) mass is 308 g/mol. The van der Waals surface area contributed by atoms with E-state index in [9.17, 15) is 9.18 Å². The molecule has 0 radical (unpaired) electrons. The molecule has 0 aliphatic heterocycles. The first-order valence-corrected chi connectivity index (χ1v) is 7.88. The fraction of sp³-hybridized carbons (Fsp3) is 0.588. The van der Waals surface area contributed by atoms with Gasteiger partial charge in [-0.2, -0.15) is 0 Å². The number of hydrogen-bond acceptors (Lipinski definition) is 3. The maximum atomic E-state index is 13.1. The molecule has 4 nitrogen and oxygen atoms in total. The number of carbonyl (C=O) groups excluding carboxylic acids is 1. The Morgan fingerprint density at radius 3 is 2.55 bits per heavy atom. The molecular weight excluding hydrogens is 283 g/mol. The van der Waals surface area contributed by atoms with Crippen molar-refractivity contribution in [2.24, 2.45) is 0 Å². The maximum Gasteiger partial charge on any atom is 0.234 e. The van der Waals surface area contributed by atoms with Gasteiger partial charge in [-0.15, -0.1) is 0 Å². The van der Waals surface area contributed by atoms with Crippen LogP contribution >= 0.6 is 0 Å². The predicted octanol–water partition coefficient (Wildman–Crippen LogP) is 1.68. The van der Waals surface area contributed by atoms with E-state index < -0.39 is 0 Å². The van der Waals surface area contributed by atoms with Crippen molar-refractivity contribution < 1.29 is 14.3 Å². The smallest absolute Gasteiger partial charge is 0.234 e. The van der Waals surface area contributed by atoms with Gasteiger partial charge >= 0.3 is 0 Å².